The second kappa shape index (κ2) is 5.45. The fraction of sp³-hybridized carbons (Fsp3) is 0.294. The van der Waals surface area contributed by atoms with Gasteiger partial charge in [0.2, 0.25) is 0 Å². The highest BCUT2D eigenvalue weighted by Crippen LogP contribution is 2.25. The van der Waals surface area contributed by atoms with Crippen LogP contribution in [0.25, 0.3) is 0 Å². The molecule has 2 aromatic rings. The Morgan fingerprint density at radius 2 is 1.90 bits per heavy atom. The molecule has 1 aromatic carbocycles. The van der Waals surface area contributed by atoms with Gasteiger partial charge in [0.25, 0.3) is 5.91 Å². The van der Waals surface area contributed by atoms with Crippen molar-refractivity contribution in [2.24, 2.45) is 5.73 Å². The third-order valence-electron chi connectivity index (χ3n) is 3.88. The number of primary amides is 1. The lowest BCUT2D eigenvalue weighted by Gasteiger charge is -2.19. The topological polar surface area (TPSA) is 56.0 Å². The minimum absolute atomic E-state index is 0.400. The fourth-order valence-corrected chi connectivity index (χ4v) is 2.89. The van der Waals surface area contributed by atoms with Gasteiger partial charge in [0.05, 0.1) is 0 Å². The highest BCUT2D eigenvalue weighted by atomic mass is 16.1. The van der Waals surface area contributed by atoms with Crippen LogP contribution in [0.3, 0.4) is 0 Å². The summed E-state index contributed by atoms with van der Waals surface area (Å²) >= 11 is 0. The third-order valence-corrected chi connectivity index (χ3v) is 3.88. The zero-order valence-electron chi connectivity index (χ0n) is 11.4. The van der Waals surface area contributed by atoms with E-state index in [1.165, 1.54) is 23.1 Å². The lowest BCUT2D eigenvalue weighted by Crippen LogP contribution is -2.18. The van der Waals surface area contributed by atoms with Crippen LogP contribution in [0.4, 0.5) is 0 Å². The number of pyridine rings is 1. The van der Waals surface area contributed by atoms with Gasteiger partial charge < -0.3 is 5.73 Å². The van der Waals surface area contributed by atoms with Crippen molar-refractivity contribution in [3.8, 4) is 0 Å². The molecule has 1 amide bonds. The summed E-state index contributed by atoms with van der Waals surface area (Å²) in [5.41, 5.74) is 10.7. The van der Waals surface area contributed by atoms with E-state index in [0.29, 0.717) is 5.69 Å². The molecule has 1 aliphatic carbocycles. The smallest absolute Gasteiger partial charge is 0.267 e. The molecular formula is C17H18N2O. The minimum Gasteiger partial charge on any atom is -0.364 e. The summed E-state index contributed by atoms with van der Waals surface area (Å²) in [6, 6.07) is 12.2. The molecule has 3 nitrogen and oxygen atoms in total. The fourth-order valence-electron chi connectivity index (χ4n) is 2.89. The minimum atomic E-state index is -0.437. The second-order valence-electron chi connectivity index (χ2n) is 5.33. The molecule has 1 aromatic heterocycles. The molecule has 2 N–H and O–H groups in total. The summed E-state index contributed by atoms with van der Waals surface area (Å²) in [7, 11) is 0. The van der Waals surface area contributed by atoms with Gasteiger partial charge in [-0.2, -0.15) is 0 Å². The number of hydrogen-bond acceptors (Lipinski definition) is 2. The van der Waals surface area contributed by atoms with Crippen LogP contribution in [-0.4, -0.2) is 10.9 Å². The molecule has 0 bridgehead atoms. The Hall–Kier alpha value is -2.16. The number of carbonyl (C=O) groups excluding carboxylic acids is 1. The van der Waals surface area contributed by atoms with Crippen molar-refractivity contribution in [3.63, 3.8) is 0 Å². The summed E-state index contributed by atoms with van der Waals surface area (Å²) < 4.78 is 0. The molecule has 0 saturated carbocycles. The van der Waals surface area contributed by atoms with E-state index in [9.17, 15) is 4.79 Å². The lowest BCUT2D eigenvalue weighted by atomic mass is 9.89. The molecule has 3 rings (SSSR count). The molecule has 3 heteroatoms. The maximum absolute atomic E-state index is 11.5. The maximum Gasteiger partial charge on any atom is 0.267 e. The summed E-state index contributed by atoms with van der Waals surface area (Å²) in [4.78, 5) is 15.9. The molecule has 102 valence electrons. The van der Waals surface area contributed by atoms with Gasteiger partial charge in [-0.1, -0.05) is 30.3 Å². The van der Waals surface area contributed by atoms with Gasteiger partial charge in [-0.25, -0.2) is 4.98 Å². The summed E-state index contributed by atoms with van der Waals surface area (Å²) in [6.07, 6.45) is 5.20. The molecular weight excluding hydrogens is 248 g/mol. The van der Waals surface area contributed by atoms with E-state index in [1.54, 1.807) is 0 Å². The van der Waals surface area contributed by atoms with Crippen molar-refractivity contribution in [2.45, 2.75) is 32.1 Å². The quantitative estimate of drug-likeness (QED) is 0.928. The van der Waals surface area contributed by atoms with Crippen LogP contribution >= 0.6 is 0 Å². The Bertz CT molecular complexity index is 635. The number of aryl methyl sites for hydroxylation is 1. The Morgan fingerprint density at radius 3 is 2.65 bits per heavy atom. The first-order valence-corrected chi connectivity index (χ1v) is 7.09. The van der Waals surface area contributed by atoms with Gasteiger partial charge in [-0.15, -0.1) is 0 Å². The van der Waals surface area contributed by atoms with Gasteiger partial charge >= 0.3 is 0 Å². The van der Waals surface area contributed by atoms with E-state index < -0.39 is 5.91 Å². The number of nitrogens with zero attached hydrogens (tertiary/aromatic N) is 1. The lowest BCUT2D eigenvalue weighted by molar-refractivity contribution is 0.0995. The van der Waals surface area contributed by atoms with Crippen LogP contribution in [0.2, 0.25) is 0 Å². The number of amides is 1. The summed E-state index contributed by atoms with van der Waals surface area (Å²) in [5, 5.41) is 0. The number of nitrogens with two attached hydrogens (primary N) is 1. The van der Waals surface area contributed by atoms with Crippen LogP contribution in [0.1, 0.15) is 45.7 Å². The number of rotatable bonds is 3. The van der Waals surface area contributed by atoms with Gasteiger partial charge in [0.15, 0.2) is 0 Å². The summed E-state index contributed by atoms with van der Waals surface area (Å²) in [5.74, 6) is -0.437. The molecule has 0 aliphatic heterocycles. The first-order chi connectivity index (χ1) is 9.74. The van der Waals surface area contributed by atoms with Crippen molar-refractivity contribution in [1.29, 1.82) is 0 Å². The molecule has 0 spiro atoms. The average Bonchev–Trinajstić information content (AvgIpc) is 2.48. The Kier molecular flexibility index (Phi) is 3.50. The molecule has 1 aliphatic rings. The normalized spacial score (nSPS) is 13.8. The highest BCUT2D eigenvalue weighted by Gasteiger charge is 2.18. The van der Waals surface area contributed by atoms with Gasteiger partial charge in [-0.05, 0) is 54.9 Å². The predicted octanol–water partition coefficient (Wildman–Crippen LogP) is 2.65. The van der Waals surface area contributed by atoms with Gasteiger partial charge in [0.1, 0.15) is 5.69 Å². The molecule has 0 fully saturated rings. The molecule has 0 saturated heterocycles. The van der Waals surface area contributed by atoms with Crippen LogP contribution in [-0.2, 0) is 19.3 Å². The van der Waals surface area contributed by atoms with E-state index in [1.807, 2.05) is 24.3 Å². The van der Waals surface area contributed by atoms with Gasteiger partial charge in [-0.3, -0.25) is 4.79 Å². The van der Waals surface area contributed by atoms with E-state index in [4.69, 9.17) is 5.73 Å². The SMILES string of the molecule is NC(=O)c1cc(Cc2ccccc2)c2c(n1)CCCC2. The number of fused-ring (bicyclic) bond motifs is 1. The molecule has 0 atom stereocenters. The monoisotopic (exact) mass is 266 g/mol. The Balaban J connectivity index is 2.03. The van der Waals surface area contributed by atoms with Crippen LogP contribution in [0.5, 0.6) is 0 Å². The maximum atomic E-state index is 11.5. The standard InChI is InChI=1S/C17H18N2O/c18-17(20)16-11-13(10-12-6-2-1-3-7-12)14-8-4-5-9-15(14)19-16/h1-3,6-7,11H,4-5,8-10H2,(H2,18,20). The Morgan fingerprint density at radius 1 is 1.15 bits per heavy atom. The zero-order chi connectivity index (χ0) is 13.9. The predicted molar refractivity (Wildman–Crippen MR) is 78.6 cm³/mol. The highest BCUT2D eigenvalue weighted by molar-refractivity contribution is 5.91. The zero-order valence-corrected chi connectivity index (χ0v) is 11.4. The van der Waals surface area contributed by atoms with Crippen molar-refractivity contribution < 1.29 is 4.79 Å². The van der Waals surface area contributed by atoms with Crippen LogP contribution in [0, 0.1) is 0 Å². The van der Waals surface area contributed by atoms with Crippen molar-refractivity contribution >= 4 is 5.91 Å². The van der Waals surface area contributed by atoms with Gasteiger partial charge in [0, 0.05) is 5.69 Å². The first kappa shape index (κ1) is 12.9. The summed E-state index contributed by atoms with van der Waals surface area (Å²) in [6.45, 7) is 0. The van der Waals surface area contributed by atoms with Crippen molar-refractivity contribution in [1.82, 2.24) is 4.98 Å². The molecule has 0 radical (unpaired) electrons. The molecule has 0 unspecified atom stereocenters. The Labute approximate surface area is 118 Å². The number of hydrogen-bond donors (Lipinski definition) is 1. The van der Waals surface area contributed by atoms with Crippen molar-refractivity contribution in [2.75, 3.05) is 0 Å². The second-order valence-corrected chi connectivity index (χ2v) is 5.33. The van der Waals surface area contributed by atoms with E-state index in [2.05, 4.69) is 17.1 Å². The number of carbonyl (C=O) groups is 1. The van der Waals surface area contributed by atoms with E-state index in [-0.39, 0.29) is 0 Å². The molecule has 20 heavy (non-hydrogen) atoms. The average molecular weight is 266 g/mol. The van der Waals surface area contributed by atoms with Crippen molar-refractivity contribution in [3.05, 3.63) is 64.5 Å². The number of aromatic nitrogens is 1. The van der Waals surface area contributed by atoms with E-state index in [0.717, 1.165) is 31.4 Å². The van der Waals surface area contributed by atoms with E-state index >= 15 is 0 Å². The largest absolute Gasteiger partial charge is 0.364 e. The third kappa shape index (κ3) is 2.57. The number of benzene rings is 1. The van der Waals surface area contributed by atoms with Crippen LogP contribution < -0.4 is 5.73 Å². The first-order valence-electron chi connectivity index (χ1n) is 7.09. The van der Waals surface area contributed by atoms with Crippen LogP contribution in [0.15, 0.2) is 36.4 Å². The molecule has 1 heterocycles.